The summed E-state index contributed by atoms with van der Waals surface area (Å²) >= 11 is 0. The van der Waals surface area contributed by atoms with Gasteiger partial charge in [0, 0.05) is 33.7 Å². The third-order valence-corrected chi connectivity index (χ3v) is 14.7. The van der Waals surface area contributed by atoms with E-state index in [0.29, 0.717) is 10.8 Å². The van der Waals surface area contributed by atoms with Gasteiger partial charge in [-0.1, -0.05) is 115 Å². The maximum Gasteiger partial charge on any atom is 0.0540 e. The smallest absolute Gasteiger partial charge is 0.0540 e. The van der Waals surface area contributed by atoms with Gasteiger partial charge in [0.25, 0.3) is 0 Å². The van der Waals surface area contributed by atoms with E-state index >= 15 is 0 Å². The van der Waals surface area contributed by atoms with Gasteiger partial charge in [0.05, 0.1) is 11.2 Å². The van der Waals surface area contributed by atoms with Gasteiger partial charge in [-0.25, -0.2) is 0 Å². The van der Waals surface area contributed by atoms with Crippen molar-refractivity contribution in [3.8, 4) is 27.9 Å². The van der Waals surface area contributed by atoms with Crippen LogP contribution in [0.1, 0.15) is 55.3 Å². The fraction of sp³-hybridized carbons (Fsp3) is 0.231. The first kappa shape index (κ1) is 30.8. The average molecular weight is 697 g/mol. The van der Waals surface area contributed by atoms with Gasteiger partial charge in [-0.2, -0.15) is 0 Å². The van der Waals surface area contributed by atoms with E-state index in [4.69, 9.17) is 0 Å². The number of hydrogen-bond donors (Lipinski definition) is 0. The number of hydrogen-bond acceptors (Lipinski definition) is 1. The predicted octanol–water partition coefficient (Wildman–Crippen LogP) is 13.5. The molecule has 1 aromatic heterocycles. The number of aryl methyl sites for hydroxylation is 1. The van der Waals surface area contributed by atoms with Crippen LogP contribution in [0.25, 0.3) is 44.9 Å². The molecule has 1 spiro atoms. The zero-order valence-corrected chi connectivity index (χ0v) is 30.7. The number of benzene rings is 6. The van der Waals surface area contributed by atoms with Crippen molar-refractivity contribution in [3.05, 3.63) is 175 Å². The highest BCUT2D eigenvalue weighted by Gasteiger charge is 2.77. The number of para-hydroxylation sites is 3. The molecular formula is C52H44N2. The molecule has 4 fully saturated rings. The summed E-state index contributed by atoms with van der Waals surface area (Å²) in [5.41, 5.74) is 16.6. The molecule has 2 atom stereocenters. The van der Waals surface area contributed by atoms with Gasteiger partial charge in [-0.3, -0.25) is 0 Å². The lowest BCUT2D eigenvalue weighted by atomic mass is 9.38. The fourth-order valence-electron chi connectivity index (χ4n) is 12.5. The van der Waals surface area contributed by atoms with E-state index in [9.17, 15) is 0 Å². The van der Waals surface area contributed by atoms with Gasteiger partial charge in [-0.15, -0.1) is 0 Å². The second kappa shape index (κ2) is 11.5. The van der Waals surface area contributed by atoms with Crippen LogP contribution in [0.4, 0.5) is 17.1 Å². The summed E-state index contributed by atoms with van der Waals surface area (Å²) in [6.07, 6.45) is 14.0. The lowest BCUT2D eigenvalue weighted by molar-refractivity contribution is -0.175. The van der Waals surface area contributed by atoms with E-state index in [1.807, 2.05) is 0 Å². The first-order valence-electron chi connectivity index (χ1n) is 20.2. The summed E-state index contributed by atoms with van der Waals surface area (Å²) in [5.74, 6) is 2.88. The normalized spacial score (nSPS) is 25.5. The minimum atomic E-state index is 0.290. The second-order valence-electron chi connectivity index (χ2n) is 17.0. The molecule has 262 valence electrons. The van der Waals surface area contributed by atoms with E-state index in [0.717, 1.165) is 30.6 Å². The van der Waals surface area contributed by atoms with Gasteiger partial charge in [0.2, 0.25) is 0 Å². The average Bonchev–Trinajstić information content (AvgIpc) is 3.85. The zero-order chi connectivity index (χ0) is 35.4. The third-order valence-electron chi connectivity index (χ3n) is 14.7. The minimum absolute atomic E-state index is 0.290. The van der Waals surface area contributed by atoms with Crippen molar-refractivity contribution in [2.75, 3.05) is 4.90 Å². The van der Waals surface area contributed by atoms with Crippen molar-refractivity contribution in [2.24, 2.45) is 23.2 Å². The van der Waals surface area contributed by atoms with Crippen molar-refractivity contribution in [2.45, 2.75) is 50.4 Å². The molecule has 1 heterocycles. The predicted molar refractivity (Wildman–Crippen MR) is 224 cm³/mol. The number of allylic oxidation sites excluding steroid dienone is 1. The Morgan fingerprint density at radius 3 is 2.17 bits per heavy atom. The Morgan fingerprint density at radius 2 is 1.33 bits per heavy atom. The highest BCUT2D eigenvalue weighted by Crippen LogP contribution is 2.84. The molecule has 2 heteroatoms. The summed E-state index contributed by atoms with van der Waals surface area (Å²) in [4.78, 5) is 2.57. The summed E-state index contributed by atoms with van der Waals surface area (Å²) in [5, 5.41) is 1.37. The van der Waals surface area contributed by atoms with Crippen LogP contribution in [0.15, 0.2) is 158 Å². The zero-order valence-electron chi connectivity index (χ0n) is 30.7. The molecule has 0 saturated heterocycles. The van der Waals surface area contributed by atoms with E-state index in [1.165, 1.54) is 99.3 Å². The SMILES string of the molecule is C1=Cc2c(c3ccccc3n2-c2ccccc2-c2ccc(N(c3cccc(-c4ccccc4)c3)c3ccccc3C34CC5CC6CC(C3)C65C4)cc2)CC1. The van der Waals surface area contributed by atoms with Crippen LogP contribution in [-0.2, 0) is 11.8 Å². The number of rotatable bonds is 7. The maximum atomic E-state index is 2.57. The first-order valence-corrected chi connectivity index (χ1v) is 20.2. The Bertz CT molecular complexity index is 2610. The molecular weight excluding hydrogens is 653 g/mol. The van der Waals surface area contributed by atoms with Crippen LogP contribution in [0.5, 0.6) is 0 Å². The molecule has 54 heavy (non-hydrogen) atoms. The number of anilines is 3. The molecule has 4 saturated carbocycles. The van der Waals surface area contributed by atoms with Crippen LogP contribution in [0.2, 0.25) is 0 Å². The molecule has 0 radical (unpaired) electrons. The van der Waals surface area contributed by atoms with Crippen LogP contribution in [-0.4, -0.2) is 4.57 Å². The van der Waals surface area contributed by atoms with E-state index in [1.54, 1.807) is 5.56 Å². The Balaban J connectivity index is 0.997. The van der Waals surface area contributed by atoms with Gasteiger partial charge < -0.3 is 9.47 Å². The topological polar surface area (TPSA) is 8.17 Å². The van der Waals surface area contributed by atoms with Gasteiger partial charge in [-0.05, 0) is 150 Å². The quantitative estimate of drug-likeness (QED) is 0.161. The Hall–Kier alpha value is -5.60. The molecule has 5 aliphatic rings. The Kier molecular flexibility index (Phi) is 6.54. The number of fused-ring (bicyclic) bond motifs is 4. The molecule has 6 aromatic carbocycles. The fourth-order valence-corrected chi connectivity index (χ4v) is 12.5. The molecule has 0 amide bonds. The first-order chi connectivity index (χ1) is 26.7. The summed E-state index contributed by atoms with van der Waals surface area (Å²) in [7, 11) is 0. The van der Waals surface area contributed by atoms with E-state index in [2.05, 4.69) is 173 Å². The molecule has 7 aromatic rings. The number of aromatic nitrogens is 1. The molecule has 5 aliphatic carbocycles. The van der Waals surface area contributed by atoms with Crippen LogP contribution in [0, 0.1) is 23.2 Å². The monoisotopic (exact) mass is 696 g/mol. The lowest BCUT2D eigenvalue weighted by Gasteiger charge is -2.66. The van der Waals surface area contributed by atoms with Crippen LogP contribution >= 0.6 is 0 Å². The van der Waals surface area contributed by atoms with Crippen molar-refractivity contribution in [1.29, 1.82) is 0 Å². The molecule has 0 N–H and O–H groups in total. The van der Waals surface area contributed by atoms with Gasteiger partial charge in [0.15, 0.2) is 0 Å². The number of nitrogens with zero attached hydrogens (tertiary/aromatic N) is 2. The minimum Gasteiger partial charge on any atom is -0.310 e. The Labute approximate surface area is 318 Å². The van der Waals surface area contributed by atoms with Gasteiger partial charge in [0.1, 0.15) is 0 Å². The van der Waals surface area contributed by atoms with Crippen LogP contribution < -0.4 is 4.90 Å². The van der Waals surface area contributed by atoms with Crippen molar-refractivity contribution < 1.29 is 0 Å². The second-order valence-corrected chi connectivity index (χ2v) is 17.0. The van der Waals surface area contributed by atoms with Crippen molar-refractivity contribution >= 4 is 34.0 Å². The molecule has 2 nitrogen and oxygen atoms in total. The van der Waals surface area contributed by atoms with Gasteiger partial charge >= 0.3 is 0 Å². The Morgan fingerprint density at radius 1 is 0.593 bits per heavy atom. The molecule has 12 rings (SSSR count). The maximum absolute atomic E-state index is 2.57. The highest BCUT2D eigenvalue weighted by atomic mass is 15.1. The third kappa shape index (κ3) is 4.23. The van der Waals surface area contributed by atoms with Crippen LogP contribution in [0.3, 0.4) is 0 Å². The van der Waals surface area contributed by atoms with E-state index in [-0.39, 0.29) is 0 Å². The van der Waals surface area contributed by atoms with Crippen molar-refractivity contribution in [3.63, 3.8) is 0 Å². The summed E-state index contributed by atoms with van der Waals surface area (Å²) in [6, 6.07) is 56.8. The molecule has 2 bridgehead atoms. The standard InChI is InChI=1S/C52H44N2/c1-2-13-35(14-3-1)37-15-12-16-42(29-37)53(50-24-11-7-20-46(50)51-32-39-30-38-31-40(33-51)52(38,39)34-51)41-27-25-36(26-28-41)43-17-4-8-21-47(43)54-48-22-9-5-18-44(48)45-19-6-10-23-49(45)54/h1-5,7-18,20-29,38-40H,6,19,30-34H2. The van der Waals surface area contributed by atoms with E-state index < -0.39 is 0 Å². The summed E-state index contributed by atoms with van der Waals surface area (Å²) < 4.78 is 2.49. The van der Waals surface area contributed by atoms with Crippen molar-refractivity contribution in [1.82, 2.24) is 4.57 Å². The lowest BCUT2D eigenvalue weighted by Crippen LogP contribution is -2.59. The largest absolute Gasteiger partial charge is 0.310 e. The molecule has 0 aliphatic heterocycles. The summed E-state index contributed by atoms with van der Waals surface area (Å²) in [6.45, 7) is 0. The molecule has 2 unspecified atom stereocenters. The highest BCUT2D eigenvalue weighted by molar-refractivity contribution is 5.92.